The number of ether oxygens (including phenoxy) is 1. The molecular weight excluding hydrogens is 427 g/mol. The van der Waals surface area contributed by atoms with Crippen molar-refractivity contribution in [2.75, 3.05) is 5.32 Å². The molecular formula is C22H14F3N3O2S. The third-order valence-corrected chi connectivity index (χ3v) is 4.93. The number of alkyl halides is 3. The van der Waals surface area contributed by atoms with E-state index in [2.05, 4.69) is 15.3 Å². The van der Waals surface area contributed by atoms with Gasteiger partial charge in [0.15, 0.2) is 5.13 Å². The fourth-order valence-corrected chi connectivity index (χ4v) is 3.41. The van der Waals surface area contributed by atoms with Crippen LogP contribution in [0.3, 0.4) is 0 Å². The van der Waals surface area contributed by atoms with E-state index in [1.54, 1.807) is 30.5 Å². The lowest BCUT2D eigenvalue weighted by Crippen LogP contribution is -2.10. The van der Waals surface area contributed by atoms with E-state index in [-0.39, 0.29) is 11.3 Å². The summed E-state index contributed by atoms with van der Waals surface area (Å²) in [6.07, 6.45) is -2.77. The van der Waals surface area contributed by atoms with Crippen LogP contribution in [0.15, 0.2) is 78.3 Å². The van der Waals surface area contributed by atoms with Crippen LogP contribution in [0.5, 0.6) is 5.75 Å². The van der Waals surface area contributed by atoms with Gasteiger partial charge in [-0.05, 0) is 48.5 Å². The smallest absolute Gasteiger partial charge is 0.416 e. The Morgan fingerprint density at radius 3 is 2.48 bits per heavy atom. The summed E-state index contributed by atoms with van der Waals surface area (Å²) in [5.41, 5.74) is 1.32. The third kappa shape index (κ3) is 5.07. The summed E-state index contributed by atoms with van der Waals surface area (Å²) in [4.78, 5) is 21.0. The van der Waals surface area contributed by atoms with Crippen LogP contribution >= 0.6 is 11.3 Å². The molecule has 9 heteroatoms. The van der Waals surface area contributed by atoms with Crippen LogP contribution in [0.1, 0.15) is 15.9 Å². The number of benzene rings is 2. The lowest BCUT2D eigenvalue weighted by Gasteiger charge is -2.09. The fourth-order valence-electron chi connectivity index (χ4n) is 2.69. The molecule has 0 saturated heterocycles. The van der Waals surface area contributed by atoms with E-state index >= 15 is 0 Å². The molecule has 0 unspecified atom stereocenters. The molecule has 0 aliphatic heterocycles. The Labute approximate surface area is 179 Å². The summed E-state index contributed by atoms with van der Waals surface area (Å²) in [6, 6.07) is 16.1. The van der Waals surface area contributed by atoms with Crippen molar-refractivity contribution in [3.05, 3.63) is 89.4 Å². The number of nitrogens with zero attached hydrogens (tertiary/aromatic N) is 2. The minimum Gasteiger partial charge on any atom is -0.423 e. The van der Waals surface area contributed by atoms with Crippen LogP contribution < -0.4 is 10.1 Å². The maximum Gasteiger partial charge on any atom is 0.416 e. The predicted octanol–water partition coefficient (Wildman–Crippen LogP) is 6.19. The number of aromatic nitrogens is 2. The van der Waals surface area contributed by atoms with E-state index in [1.165, 1.54) is 11.3 Å². The summed E-state index contributed by atoms with van der Waals surface area (Å²) in [5.74, 6) is -0.506. The van der Waals surface area contributed by atoms with Gasteiger partial charge in [0.1, 0.15) is 11.4 Å². The number of rotatable bonds is 5. The number of carbonyl (C=O) groups excluding carboxylic acids is 1. The SMILES string of the molecule is O=C(Oc1cccc(Nc2nc(-c3ccccn3)cs2)c1)c1ccc(C(F)(F)F)cc1. The Morgan fingerprint density at radius 2 is 1.77 bits per heavy atom. The fraction of sp³-hybridized carbons (Fsp3) is 0.0455. The van der Waals surface area contributed by atoms with Crippen molar-refractivity contribution >= 4 is 28.1 Å². The second-order valence-corrected chi connectivity index (χ2v) is 7.23. The van der Waals surface area contributed by atoms with E-state index in [0.717, 1.165) is 35.7 Å². The zero-order valence-electron chi connectivity index (χ0n) is 15.8. The van der Waals surface area contributed by atoms with Gasteiger partial charge in [0, 0.05) is 23.3 Å². The maximum atomic E-state index is 12.7. The number of pyridine rings is 1. The highest BCUT2D eigenvalue weighted by atomic mass is 32.1. The molecule has 0 aliphatic carbocycles. The van der Waals surface area contributed by atoms with E-state index in [1.807, 2.05) is 23.6 Å². The molecule has 156 valence electrons. The van der Waals surface area contributed by atoms with Gasteiger partial charge in [-0.2, -0.15) is 13.2 Å². The van der Waals surface area contributed by atoms with Gasteiger partial charge in [0.25, 0.3) is 0 Å². The Hall–Kier alpha value is -3.72. The van der Waals surface area contributed by atoms with Crippen LogP contribution in [-0.4, -0.2) is 15.9 Å². The monoisotopic (exact) mass is 441 g/mol. The second kappa shape index (κ2) is 8.57. The first-order chi connectivity index (χ1) is 14.9. The summed E-state index contributed by atoms with van der Waals surface area (Å²) >= 11 is 1.40. The topological polar surface area (TPSA) is 64.1 Å². The molecule has 0 radical (unpaired) electrons. The third-order valence-electron chi connectivity index (χ3n) is 4.18. The molecule has 2 heterocycles. The highest BCUT2D eigenvalue weighted by Crippen LogP contribution is 2.30. The van der Waals surface area contributed by atoms with E-state index < -0.39 is 17.7 Å². The molecule has 0 bridgehead atoms. The van der Waals surface area contributed by atoms with Crippen LogP contribution in [-0.2, 0) is 6.18 Å². The van der Waals surface area contributed by atoms with Crippen LogP contribution in [0.2, 0.25) is 0 Å². The Balaban J connectivity index is 1.44. The van der Waals surface area contributed by atoms with E-state index in [9.17, 15) is 18.0 Å². The number of nitrogens with one attached hydrogen (secondary N) is 1. The minimum atomic E-state index is -4.46. The van der Waals surface area contributed by atoms with Crippen LogP contribution in [0.4, 0.5) is 24.0 Å². The van der Waals surface area contributed by atoms with Gasteiger partial charge in [-0.25, -0.2) is 9.78 Å². The summed E-state index contributed by atoms with van der Waals surface area (Å²) < 4.78 is 43.3. The van der Waals surface area contributed by atoms with Crippen molar-refractivity contribution < 1.29 is 22.7 Å². The Morgan fingerprint density at radius 1 is 0.968 bits per heavy atom. The zero-order valence-corrected chi connectivity index (χ0v) is 16.6. The number of anilines is 2. The average molecular weight is 441 g/mol. The van der Waals surface area contributed by atoms with Crippen molar-refractivity contribution in [1.29, 1.82) is 0 Å². The van der Waals surface area contributed by atoms with Gasteiger partial charge in [-0.3, -0.25) is 4.98 Å². The van der Waals surface area contributed by atoms with Gasteiger partial charge < -0.3 is 10.1 Å². The van der Waals surface area contributed by atoms with Crippen LogP contribution in [0, 0.1) is 0 Å². The lowest BCUT2D eigenvalue weighted by molar-refractivity contribution is -0.137. The minimum absolute atomic E-state index is 0.0197. The highest BCUT2D eigenvalue weighted by molar-refractivity contribution is 7.14. The molecule has 31 heavy (non-hydrogen) atoms. The first-order valence-electron chi connectivity index (χ1n) is 9.02. The zero-order chi connectivity index (χ0) is 21.8. The van der Waals surface area contributed by atoms with Crippen molar-refractivity contribution in [2.45, 2.75) is 6.18 Å². The Bertz CT molecular complexity index is 1190. The molecule has 0 fully saturated rings. The number of esters is 1. The first kappa shape index (κ1) is 20.5. The molecule has 4 rings (SSSR count). The highest BCUT2D eigenvalue weighted by Gasteiger charge is 2.30. The largest absolute Gasteiger partial charge is 0.423 e. The average Bonchev–Trinajstić information content (AvgIpc) is 3.22. The second-order valence-electron chi connectivity index (χ2n) is 6.37. The van der Waals surface area contributed by atoms with Gasteiger partial charge in [-0.15, -0.1) is 11.3 Å². The molecule has 0 aliphatic rings. The van der Waals surface area contributed by atoms with Gasteiger partial charge in [0.05, 0.1) is 16.8 Å². The summed E-state index contributed by atoms with van der Waals surface area (Å²) in [6.45, 7) is 0. The quantitative estimate of drug-likeness (QED) is 0.296. The molecule has 5 nitrogen and oxygen atoms in total. The first-order valence-corrected chi connectivity index (χ1v) is 9.90. The molecule has 0 atom stereocenters. The van der Waals surface area contributed by atoms with Gasteiger partial charge >= 0.3 is 12.1 Å². The molecule has 1 N–H and O–H groups in total. The van der Waals surface area contributed by atoms with Crippen molar-refractivity contribution in [2.24, 2.45) is 0 Å². The van der Waals surface area contributed by atoms with E-state index in [0.29, 0.717) is 10.8 Å². The molecule has 4 aromatic rings. The summed E-state index contributed by atoms with van der Waals surface area (Å²) in [7, 11) is 0. The van der Waals surface area contributed by atoms with E-state index in [4.69, 9.17) is 4.74 Å². The molecule has 2 aromatic carbocycles. The number of thiazole rings is 1. The van der Waals surface area contributed by atoms with Gasteiger partial charge in [0.2, 0.25) is 0 Å². The normalized spacial score (nSPS) is 11.2. The molecule has 0 saturated carbocycles. The Kier molecular flexibility index (Phi) is 5.68. The van der Waals surface area contributed by atoms with Crippen molar-refractivity contribution in [3.8, 4) is 17.1 Å². The maximum absolute atomic E-state index is 12.7. The van der Waals surface area contributed by atoms with Crippen molar-refractivity contribution in [1.82, 2.24) is 9.97 Å². The molecule has 0 spiro atoms. The summed E-state index contributed by atoms with van der Waals surface area (Å²) in [5, 5.41) is 5.64. The number of hydrogen-bond acceptors (Lipinski definition) is 6. The van der Waals surface area contributed by atoms with Gasteiger partial charge in [-0.1, -0.05) is 12.1 Å². The molecule has 0 amide bonds. The van der Waals surface area contributed by atoms with Crippen LogP contribution in [0.25, 0.3) is 11.4 Å². The predicted molar refractivity (Wildman–Crippen MR) is 111 cm³/mol. The lowest BCUT2D eigenvalue weighted by atomic mass is 10.1. The number of hydrogen-bond donors (Lipinski definition) is 1. The number of carbonyl (C=O) groups is 1. The number of halogens is 3. The molecule has 2 aromatic heterocycles. The standard InChI is InChI=1S/C22H14F3N3O2S/c23-22(24,25)15-9-7-14(8-10-15)20(29)30-17-5-3-4-16(12-17)27-21-28-19(13-31-21)18-6-1-2-11-26-18/h1-13H,(H,27,28). The van der Waals surface area contributed by atoms with Crippen molar-refractivity contribution in [3.63, 3.8) is 0 Å².